The minimum atomic E-state index is -0.855. The third-order valence-corrected chi connectivity index (χ3v) is 5.06. The van der Waals surface area contributed by atoms with Crippen LogP contribution in [0.1, 0.15) is 23.4 Å². The largest absolute Gasteiger partial charge is 0.480 e. The fourth-order valence-corrected chi connectivity index (χ4v) is 3.87. The number of furan rings is 1. The van der Waals surface area contributed by atoms with Gasteiger partial charge in [0.15, 0.2) is 0 Å². The van der Waals surface area contributed by atoms with E-state index in [0.29, 0.717) is 25.8 Å². The van der Waals surface area contributed by atoms with Crippen LogP contribution in [0.3, 0.4) is 0 Å². The van der Waals surface area contributed by atoms with E-state index in [9.17, 15) is 14.7 Å². The minimum Gasteiger partial charge on any atom is -0.480 e. The van der Waals surface area contributed by atoms with Crippen molar-refractivity contribution in [2.24, 2.45) is 5.92 Å². The number of carboxylic acids is 1. The first-order valence-electron chi connectivity index (χ1n) is 8.74. The van der Waals surface area contributed by atoms with Crippen molar-refractivity contribution in [2.45, 2.75) is 32.4 Å². The molecule has 0 fully saturated rings. The van der Waals surface area contributed by atoms with Gasteiger partial charge in [-0.3, -0.25) is 9.59 Å². The highest BCUT2D eigenvalue weighted by Gasteiger charge is 2.29. The predicted octanol–water partition coefficient (Wildman–Crippen LogP) is 2.74. The van der Waals surface area contributed by atoms with Gasteiger partial charge in [-0.1, -0.05) is 18.2 Å². The average molecular weight is 352 g/mol. The average Bonchev–Trinajstić information content (AvgIpc) is 3.26. The molecule has 0 saturated carbocycles. The number of aromatic nitrogens is 1. The number of carbonyl (C=O) groups excluding carboxylic acids is 1. The number of carbonyl (C=O) groups is 2. The summed E-state index contributed by atoms with van der Waals surface area (Å²) in [6.07, 6.45) is 3.64. The Balaban J connectivity index is 1.58. The lowest BCUT2D eigenvalue weighted by Gasteiger charge is -2.23. The first-order valence-corrected chi connectivity index (χ1v) is 8.74. The summed E-state index contributed by atoms with van der Waals surface area (Å²) in [5, 5.41) is 13.2. The maximum absolute atomic E-state index is 12.6. The van der Waals surface area contributed by atoms with Gasteiger partial charge >= 0.3 is 5.97 Å². The van der Waals surface area contributed by atoms with E-state index in [1.807, 2.05) is 34.9 Å². The summed E-state index contributed by atoms with van der Waals surface area (Å²) in [6.45, 7) is 0.334. The number of benzene rings is 1. The molecule has 4 rings (SSSR count). The van der Waals surface area contributed by atoms with Crippen LogP contribution in [-0.2, 0) is 35.5 Å². The Morgan fingerprint density at radius 1 is 1.23 bits per heavy atom. The van der Waals surface area contributed by atoms with Crippen molar-refractivity contribution >= 4 is 22.8 Å². The number of nitrogens with one attached hydrogen (secondary N) is 1. The monoisotopic (exact) mass is 352 g/mol. The predicted molar refractivity (Wildman–Crippen MR) is 95.6 cm³/mol. The molecule has 1 unspecified atom stereocenters. The Morgan fingerprint density at radius 2 is 2.08 bits per heavy atom. The van der Waals surface area contributed by atoms with E-state index in [0.717, 1.165) is 27.9 Å². The summed E-state index contributed by atoms with van der Waals surface area (Å²) >= 11 is 0. The summed E-state index contributed by atoms with van der Waals surface area (Å²) < 4.78 is 7.13. The topological polar surface area (TPSA) is 84.5 Å². The lowest BCUT2D eigenvalue weighted by molar-refractivity contribution is -0.137. The second-order valence-corrected chi connectivity index (χ2v) is 6.66. The Morgan fingerprint density at radius 3 is 2.85 bits per heavy atom. The van der Waals surface area contributed by atoms with Gasteiger partial charge in [-0.05, 0) is 43.0 Å². The second kappa shape index (κ2) is 6.71. The molecule has 2 heterocycles. The summed E-state index contributed by atoms with van der Waals surface area (Å²) in [6, 6.07) is 11.5. The van der Waals surface area contributed by atoms with Crippen LogP contribution >= 0.6 is 0 Å². The Bertz CT molecular complexity index is 956. The van der Waals surface area contributed by atoms with Gasteiger partial charge in [0.2, 0.25) is 5.91 Å². The maximum Gasteiger partial charge on any atom is 0.323 e. The molecule has 0 bridgehead atoms. The van der Waals surface area contributed by atoms with Crippen molar-refractivity contribution in [1.82, 2.24) is 9.88 Å². The molecule has 6 heteroatoms. The summed E-state index contributed by atoms with van der Waals surface area (Å²) in [7, 11) is 0. The number of para-hydroxylation sites is 1. The first-order chi connectivity index (χ1) is 12.6. The number of carboxylic acid groups (broad SMARTS) is 1. The van der Waals surface area contributed by atoms with Gasteiger partial charge in [-0.25, -0.2) is 0 Å². The highest BCUT2D eigenvalue weighted by atomic mass is 16.4. The molecule has 2 aromatic heterocycles. The molecule has 26 heavy (non-hydrogen) atoms. The number of fused-ring (bicyclic) bond motifs is 3. The molecule has 0 spiro atoms. The highest BCUT2D eigenvalue weighted by Crippen LogP contribution is 2.34. The van der Waals surface area contributed by atoms with Crippen LogP contribution < -0.4 is 5.32 Å². The molecule has 0 aliphatic heterocycles. The molecule has 3 aromatic rings. The van der Waals surface area contributed by atoms with Gasteiger partial charge in [0.25, 0.3) is 0 Å². The van der Waals surface area contributed by atoms with Crippen LogP contribution in [0.15, 0.2) is 47.1 Å². The Labute approximate surface area is 150 Å². The van der Waals surface area contributed by atoms with Crippen molar-refractivity contribution in [3.8, 4) is 0 Å². The SMILES string of the molecule is O=C(O)Cn1c2c(c3ccccc31)CC(C(=O)NCc1ccco1)CC2. The standard InChI is InChI=1S/C20H20N2O4/c23-19(24)12-22-17-6-2-1-5-15(17)16-10-13(7-8-18(16)22)20(25)21-11-14-4-3-9-26-14/h1-6,9,13H,7-8,10-12H2,(H,21,25)(H,23,24). The molecule has 1 atom stereocenters. The third kappa shape index (κ3) is 2.98. The fraction of sp³-hybridized carbons (Fsp3) is 0.300. The quantitative estimate of drug-likeness (QED) is 0.739. The first kappa shape index (κ1) is 16.4. The van der Waals surface area contributed by atoms with Crippen molar-refractivity contribution in [3.63, 3.8) is 0 Å². The highest BCUT2D eigenvalue weighted by molar-refractivity contribution is 5.88. The lowest BCUT2D eigenvalue weighted by Crippen LogP contribution is -2.34. The fourth-order valence-electron chi connectivity index (χ4n) is 3.87. The number of nitrogens with zero attached hydrogens (tertiary/aromatic N) is 1. The van der Waals surface area contributed by atoms with E-state index in [1.165, 1.54) is 0 Å². The number of hydrogen-bond acceptors (Lipinski definition) is 3. The van der Waals surface area contributed by atoms with E-state index in [2.05, 4.69) is 5.32 Å². The normalized spacial score (nSPS) is 16.4. The van der Waals surface area contributed by atoms with Crippen molar-refractivity contribution in [2.75, 3.05) is 0 Å². The van der Waals surface area contributed by atoms with Crippen LogP contribution in [-0.4, -0.2) is 21.6 Å². The van der Waals surface area contributed by atoms with Crippen LogP contribution in [0.2, 0.25) is 0 Å². The number of rotatable bonds is 5. The van der Waals surface area contributed by atoms with Crippen LogP contribution in [0.5, 0.6) is 0 Å². The number of aliphatic carboxylic acids is 1. The molecule has 0 radical (unpaired) electrons. The maximum atomic E-state index is 12.6. The summed E-state index contributed by atoms with van der Waals surface area (Å²) in [5.74, 6) is -0.219. The van der Waals surface area contributed by atoms with Gasteiger partial charge in [-0.2, -0.15) is 0 Å². The number of hydrogen-bond donors (Lipinski definition) is 2. The van der Waals surface area contributed by atoms with E-state index < -0.39 is 5.97 Å². The van der Waals surface area contributed by atoms with Gasteiger partial charge in [0.05, 0.1) is 12.8 Å². The zero-order valence-electron chi connectivity index (χ0n) is 14.3. The van der Waals surface area contributed by atoms with Crippen LogP contribution in [0.25, 0.3) is 10.9 Å². The molecule has 6 nitrogen and oxygen atoms in total. The second-order valence-electron chi connectivity index (χ2n) is 6.66. The van der Waals surface area contributed by atoms with Crippen molar-refractivity contribution in [1.29, 1.82) is 0 Å². The van der Waals surface area contributed by atoms with Gasteiger partial charge < -0.3 is 19.4 Å². The smallest absolute Gasteiger partial charge is 0.323 e. The third-order valence-electron chi connectivity index (χ3n) is 5.06. The van der Waals surface area contributed by atoms with Gasteiger partial charge in [0, 0.05) is 22.5 Å². The van der Waals surface area contributed by atoms with Gasteiger partial charge in [-0.15, -0.1) is 0 Å². The van der Waals surface area contributed by atoms with E-state index >= 15 is 0 Å². The van der Waals surface area contributed by atoms with Crippen LogP contribution in [0.4, 0.5) is 0 Å². The summed E-state index contributed by atoms with van der Waals surface area (Å²) in [5.41, 5.74) is 3.08. The van der Waals surface area contributed by atoms with Crippen LogP contribution in [0, 0.1) is 5.92 Å². The zero-order valence-corrected chi connectivity index (χ0v) is 14.3. The van der Waals surface area contributed by atoms with Gasteiger partial charge in [0.1, 0.15) is 12.3 Å². The molecule has 0 saturated heterocycles. The van der Waals surface area contributed by atoms with Crippen molar-refractivity contribution < 1.29 is 19.1 Å². The molecule has 1 aromatic carbocycles. The molecule has 134 valence electrons. The number of amides is 1. The molecule has 1 aliphatic rings. The summed E-state index contributed by atoms with van der Waals surface area (Å²) in [4.78, 5) is 23.8. The molecule has 2 N–H and O–H groups in total. The van der Waals surface area contributed by atoms with E-state index in [1.54, 1.807) is 12.3 Å². The van der Waals surface area contributed by atoms with E-state index in [-0.39, 0.29) is 18.4 Å². The molecular weight excluding hydrogens is 332 g/mol. The molecule has 1 aliphatic carbocycles. The minimum absolute atomic E-state index is 0.0158. The zero-order chi connectivity index (χ0) is 18.1. The Kier molecular flexibility index (Phi) is 4.24. The van der Waals surface area contributed by atoms with E-state index in [4.69, 9.17) is 4.42 Å². The molecule has 1 amide bonds. The lowest BCUT2D eigenvalue weighted by atomic mass is 9.85. The molecular formula is C20H20N2O4. The Hall–Kier alpha value is -3.02. The van der Waals surface area contributed by atoms with Crippen molar-refractivity contribution in [3.05, 3.63) is 59.7 Å².